The molecule has 0 saturated heterocycles. The Labute approximate surface area is 93.9 Å². The lowest BCUT2D eigenvalue weighted by Crippen LogP contribution is -2.53. The molecule has 0 spiro atoms. The molecule has 2 atom stereocenters. The Morgan fingerprint density at radius 2 is 2.20 bits per heavy atom. The highest BCUT2D eigenvalue weighted by molar-refractivity contribution is 4.92. The molecule has 0 aliphatic heterocycles. The number of likely N-dealkylation sites (N-methyl/N-ethyl adjacent to an activating group) is 1. The van der Waals surface area contributed by atoms with Crippen LogP contribution in [0.3, 0.4) is 0 Å². The fourth-order valence-corrected chi connectivity index (χ4v) is 2.56. The molecule has 15 heavy (non-hydrogen) atoms. The third-order valence-corrected chi connectivity index (χ3v) is 3.45. The second-order valence-corrected chi connectivity index (χ2v) is 5.37. The maximum absolute atomic E-state index is 9.55. The number of aliphatic hydroxyl groups is 1. The molecular weight excluding hydrogens is 188 g/mol. The highest BCUT2D eigenvalue weighted by Crippen LogP contribution is 2.31. The standard InChI is InChI=1S/C12H26N2O/c1-11-5-4-6-12(9-11,10-15)13-7-8-14(2)3/h11,13,15H,4-10H2,1-3H3. The lowest BCUT2D eigenvalue weighted by atomic mass is 9.77. The smallest absolute Gasteiger partial charge is 0.0613 e. The summed E-state index contributed by atoms with van der Waals surface area (Å²) < 4.78 is 0. The molecule has 2 N–H and O–H groups in total. The van der Waals surface area contributed by atoms with Crippen LogP contribution in [0.4, 0.5) is 0 Å². The van der Waals surface area contributed by atoms with Crippen LogP contribution in [0.25, 0.3) is 0 Å². The quantitative estimate of drug-likeness (QED) is 0.719. The fourth-order valence-electron chi connectivity index (χ4n) is 2.56. The van der Waals surface area contributed by atoms with Gasteiger partial charge in [-0.2, -0.15) is 0 Å². The maximum Gasteiger partial charge on any atom is 0.0613 e. The molecule has 1 rings (SSSR count). The van der Waals surface area contributed by atoms with E-state index in [9.17, 15) is 5.11 Å². The molecular formula is C12H26N2O. The first-order valence-electron chi connectivity index (χ1n) is 6.08. The van der Waals surface area contributed by atoms with Crippen molar-refractivity contribution in [3.63, 3.8) is 0 Å². The van der Waals surface area contributed by atoms with E-state index < -0.39 is 0 Å². The summed E-state index contributed by atoms with van der Waals surface area (Å²) in [6.45, 7) is 4.58. The monoisotopic (exact) mass is 214 g/mol. The van der Waals surface area contributed by atoms with E-state index in [4.69, 9.17) is 0 Å². The second kappa shape index (κ2) is 5.83. The first-order valence-corrected chi connectivity index (χ1v) is 6.08. The third-order valence-electron chi connectivity index (χ3n) is 3.45. The van der Waals surface area contributed by atoms with Crippen molar-refractivity contribution in [2.75, 3.05) is 33.8 Å². The van der Waals surface area contributed by atoms with E-state index in [0.717, 1.165) is 31.8 Å². The minimum atomic E-state index is 0.00762. The molecule has 1 aliphatic rings. The van der Waals surface area contributed by atoms with Gasteiger partial charge in [-0.3, -0.25) is 0 Å². The van der Waals surface area contributed by atoms with Gasteiger partial charge in [0.05, 0.1) is 6.61 Å². The Morgan fingerprint density at radius 3 is 2.73 bits per heavy atom. The van der Waals surface area contributed by atoms with Crippen molar-refractivity contribution in [2.45, 2.75) is 38.1 Å². The molecule has 1 fully saturated rings. The van der Waals surface area contributed by atoms with E-state index in [1.54, 1.807) is 0 Å². The number of nitrogens with one attached hydrogen (secondary N) is 1. The van der Waals surface area contributed by atoms with Gasteiger partial charge in [0.1, 0.15) is 0 Å². The zero-order valence-electron chi connectivity index (χ0n) is 10.4. The SMILES string of the molecule is CC1CCCC(CO)(NCCN(C)C)C1. The van der Waals surface area contributed by atoms with Gasteiger partial charge in [0.2, 0.25) is 0 Å². The summed E-state index contributed by atoms with van der Waals surface area (Å²) >= 11 is 0. The summed E-state index contributed by atoms with van der Waals surface area (Å²) in [7, 11) is 4.16. The van der Waals surface area contributed by atoms with E-state index in [2.05, 4.69) is 31.2 Å². The predicted octanol–water partition coefficient (Wildman–Crippen LogP) is 1.08. The van der Waals surface area contributed by atoms with Crippen molar-refractivity contribution in [3.05, 3.63) is 0 Å². The van der Waals surface area contributed by atoms with Crippen LogP contribution in [0.2, 0.25) is 0 Å². The van der Waals surface area contributed by atoms with Crippen LogP contribution in [-0.4, -0.2) is 49.3 Å². The summed E-state index contributed by atoms with van der Waals surface area (Å²) in [4.78, 5) is 2.17. The molecule has 0 heterocycles. The van der Waals surface area contributed by atoms with E-state index >= 15 is 0 Å². The number of aliphatic hydroxyl groups excluding tert-OH is 1. The van der Waals surface area contributed by atoms with Gasteiger partial charge in [0, 0.05) is 18.6 Å². The molecule has 3 nitrogen and oxygen atoms in total. The predicted molar refractivity (Wildman–Crippen MR) is 64.0 cm³/mol. The lowest BCUT2D eigenvalue weighted by Gasteiger charge is -2.40. The van der Waals surface area contributed by atoms with Gasteiger partial charge in [-0.25, -0.2) is 0 Å². The highest BCUT2D eigenvalue weighted by Gasteiger charge is 2.33. The Balaban J connectivity index is 2.38. The normalized spacial score (nSPS) is 32.2. The molecule has 3 heteroatoms. The van der Waals surface area contributed by atoms with Crippen LogP contribution < -0.4 is 5.32 Å². The van der Waals surface area contributed by atoms with Gasteiger partial charge in [0.25, 0.3) is 0 Å². The van der Waals surface area contributed by atoms with Crippen molar-refractivity contribution < 1.29 is 5.11 Å². The van der Waals surface area contributed by atoms with Crippen molar-refractivity contribution >= 4 is 0 Å². The van der Waals surface area contributed by atoms with Crippen LogP contribution in [-0.2, 0) is 0 Å². The zero-order chi connectivity index (χ0) is 11.3. The first-order chi connectivity index (χ1) is 7.08. The van der Waals surface area contributed by atoms with Gasteiger partial charge in [-0.1, -0.05) is 19.8 Å². The van der Waals surface area contributed by atoms with Crippen LogP contribution in [0.1, 0.15) is 32.6 Å². The largest absolute Gasteiger partial charge is 0.394 e. The number of hydrogen-bond donors (Lipinski definition) is 2. The summed E-state index contributed by atoms with van der Waals surface area (Å²) in [5, 5.41) is 13.1. The first kappa shape index (κ1) is 12.9. The number of rotatable bonds is 5. The van der Waals surface area contributed by atoms with E-state index in [1.165, 1.54) is 12.8 Å². The van der Waals surface area contributed by atoms with Crippen molar-refractivity contribution in [1.82, 2.24) is 10.2 Å². The Bertz CT molecular complexity index is 184. The molecule has 0 aromatic heterocycles. The van der Waals surface area contributed by atoms with Gasteiger partial charge < -0.3 is 15.3 Å². The average molecular weight is 214 g/mol. The van der Waals surface area contributed by atoms with Crippen LogP contribution >= 0.6 is 0 Å². The molecule has 1 saturated carbocycles. The Hall–Kier alpha value is -0.120. The number of hydrogen-bond acceptors (Lipinski definition) is 3. The fraction of sp³-hybridized carbons (Fsp3) is 1.00. The van der Waals surface area contributed by atoms with Crippen LogP contribution in [0.15, 0.2) is 0 Å². The maximum atomic E-state index is 9.55. The van der Waals surface area contributed by atoms with E-state index in [-0.39, 0.29) is 12.1 Å². The molecule has 2 unspecified atom stereocenters. The van der Waals surface area contributed by atoms with Gasteiger partial charge in [-0.05, 0) is 32.9 Å². The third kappa shape index (κ3) is 4.09. The molecule has 0 radical (unpaired) electrons. The van der Waals surface area contributed by atoms with Crippen LogP contribution in [0, 0.1) is 5.92 Å². The molecule has 1 aliphatic carbocycles. The van der Waals surface area contributed by atoms with Gasteiger partial charge >= 0.3 is 0 Å². The molecule has 0 bridgehead atoms. The van der Waals surface area contributed by atoms with Crippen molar-refractivity contribution in [1.29, 1.82) is 0 Å². The minimum absolute atomic E-state index is 0.00762. The average Bonchev–Trinajstić information content (AvgIpc) is 2.17. The molecule has 90 valence electrons. The van der Waals surface area contributed by atoms with Crippen molar-refractivity contribution in [3.8, 4) is 0 Å². The second-order valence-electron chi connectivity index (χ2n) is 5.37. The van der Waals surface area contributed by atoms with Crippen LogP contribution in [0.5, 0.6) is 0 Å². The summed E-state index contributed by atoms with van der Waals surface area (Å²) in [6, 6.07) is 0. The molecule has 0 aromatic carbocycles. The molecule has 0 aromatic rings. The highest BCUT2D eigenvalue weighted by atomic mass is 16.3. The van der Waals surface area contributed by atoms with Gasteiger partial charge in [-0.15, -0.1) is 0 Å². The Kier molecular flexibility index (Phi) is 5.03. The minimum Gasteiger partial charge on any atom is -0.394 e. The topological polar surface area (TPSA) is 35.5 Å². The lowest BCUT2D eigenvalue weighted by molar-refractivity contribution is 0.0981. The summed E-state index contributed by atoms with van der Waals surface area (Å²) in [5.74, 6) is 0.748. The van der Waals surface area contributed by atoms with E-state index in [1.807, 2.05) is 0 Å². The number of nitrogens with zero attached hydrogens (tertiary/aromatic N) is 1. The summed E-state index contributed by atoms with van der Waals surface area (Å²) in [5.41, 5.74) is 0.00762. The van der Waals surface area contributed by atoms with E-state index in [0.29, 0.717) is 0 Å². The zero-order valence-corrected chi connectivity index (χ0v) is 10.4. The molecule has 0 amide bonds. The van der Waals surface area contributed by atoms with Crippen molar-refractivity contribution in [2.24, 2.45) is 5.92 Å². The van der Waals surface area contributed by atoms with Gasteiger partial charge in [0.15, 0.2) is 0 Å². The Morgan fingerprint density at radius 1 is 1.47 bits per heavy atom. The summed E-state index contributed by atoms with van der Waals surface area (Å²) in [6.07, 6.45) is 4.81.